The highest BCUT2D eigenvalue weighted by atomic mass is 16.1. The molecule has 0 saturated carbocycles. The summed E-state index contributed by atoms with van der Waals surface area (Å²) in [6.07, 6.45) is 3.52. The molecule has 0 radical (unpaired) electrons. The van der Waals surface area contributed by atoms with Crippen LogP contribution in [-0.4, -0.2) is 11.4 Å². The van der Waals surface area contributed by atoms with E-state index in [9.17, 15) is 4.79 Å². The first-order valence-corrected chi connectivity index (χ1v) is 2.95. The van der Waals surface area contributed by atoms with Crippen molar-refractivity contribution in [2.24, 2.45) is 12.8 Å². The standard InChI is InChI=1S/C7H8N2O.H2O/c1-9-4-2-3-6(5-9)7(8)10;/h2-5H,1H3,(H-,8,10);1H2. The second-order valence-electron chi connectivity index (χ2n) is 2.12. The van der Waals surface area contributed by atoms with E-state index in [1.54, 1.807) is 22.9 Å². The average Bonchev–Trinajstić information content (AvgIpc) is 1.88. The molecule has 1 heterocycles. The second kappa shape index (κ2) is 3.68. The van der Waals surface area contributed by atoms with E-state index in [4.69, 9.17) is 5.73 Å². The molecule has 11 heavy (non-hydrogen) atoms. The maximum atomic E-state index is 10.6. The van der Waals surface area contributed by atoms with Crippen molar-refractivity contribution in [1.82, 2.24) is 0 Å². The molecule has 3 N–H and O–H groups in total. The minimum atomic E-state index is -0.392. The van der Waals surface area contributed by atoms with Gasteiger partial charge in [0, 0.05) is 6.07 Å². The average molecular weight is 154 g/mol. The molecule has 0 spiro atoms. The molecule has 4 heteroatoms. The second-order valence-corrected chi connectivity index (χ2v) is 2.12. The third kappa shape index (κ3) is 2.35. The topological polar surface area (TPSA) is 77.0 Å². The van der Waals surface area contributed by atoms with Gasteiger partial charge in [-0.05, 0) is 6.07 Å². The van der Waals surface area contributed by atoms with Gasteiger partial charge in [-0.1, -0.05) is 0 Å². The number of carbonyl (C=O) groups is 1. The fourth-order valence-electron chi connectivity index (χ4n) is 0.734. The van der Waals surface area contributed by atoms with E-state index in [1.807, 2.05) is 13.2 Å². The number of nitrogens with two attached hydrogens (primary N) is 1. The molecule has 1 rings (SSSR count). The number of aryl methyl sites for hydroxylation is 1. The maximum Gasteiger partial charge on any atom is 0.254 e. The number of rotatable bonds is 1. The number of carbonyl (C=O) groups excluding carboxylic acids is 1. The van der Waals surface area contributed by atoms with Crippen molar-refractivity contribution < 1.29 is 14.8 Å². The van der Waals surface area contributed by atoms with Gasteiger partial charge in [0.1, 0.15) is 12.6 Å². The van der Waals surface area contributed by atoms with Crippen LogP contribution in [0.3, 0.4) is 0 Å². The lowest BCUT2D eigenvalue weighted by atomic mass is 10.3. The number of amides is 1. The lowest BCUT2D eigenvalue weighted by Gasteiger charge is -1.89. The van der Waals surface area contributed by atoms with Crippen molar-refractivity contribution in [3.05, 3.63) is 30.1 Å². The highest BCUT2D eigenvalue weighted by Gasteiger charge is 2.02. The normalized spacial score (nSPS) is 8.45. The number of nitrogens with zero attached hydrogens (tertiary/aromatic N) is 1. The molecule has 0 aliphatic rings. The van der Waals surface area contributed by atoms with Gasteiger partial charge in [0.2, 0.25) is 0 Å². The number of hydrogen-bond acceptors (Lipinski definition) is 2. The van der Waals surface area contributed by atoms with E-state index in [1.165, 1.54) is 0 Å². The molecule has 0 atom stereocenters. The van der Waals surface area contributed by atoms with Crippen molar-refractivity contribution in [2.45, 2.75) is 0 Å². The Hall–Kier alpha value is -1.42. The Bertz CT molecular complexity index is 260. The minimum absolute atomic E-state index is 0. The SMILES string of the molecule is C[n+]1cccc(C(N)=O)c1.[OH-]. The van der Waals surface area contributed by atoms with Crippen LogP contribution in [-0.2, 0) is 7.05 Å². The first-order chi connectivity index (χ1) is 4.70. The van der Waals surface area contributed by atoms with E-state index in [0.717, 1.165) is 0 Å². The molecule has 0 saturated heterocycles. The van der Waals surface area contributed by atoms with Crippen molar-refractivity contribution in [1.29, 1.82) is 0 Å². The lowest BCUT2D eigenvalue weighted by molar-refractivity contribution is -0.671. The van der Waals surface area contributed by atoms with Crippen LogP contribution in [0.25, 0.3) is 0 Å². The van der Waals surface area contributed by atoms with Gasteiger partial charge < -0.3 is 11.2 Å². The van der Waals surface area contributed by atoms with Crippen molar-refractivity contribution in [2.75, 3.05) is 0 Å². The van der Waals surface area contributed by atoms with Crippen LogP contribution in [0.15, 0.2) is 24.5 Å². The van der Waals surface area contributed by atoms with Crippen LogP contribution < -0.4 is 10.3 Å². The number of hydrogen-bond donors (Lipinski definition) is 1. The maximum absolute atomic E-state index is 10.6. The first kappa shape index (κ1) is 9.58. The van der Waals surface area contributed by atoms with Gasteiger partial charge in [0.25, 0.3) is 5.91 Å². The summed E-state index contributed by atoms with van der Waals surface area (Å²) in [4.78, 5) is 10.6. The summed E-state index contributed by atoms with van der Waals surface area (Å²) in [6, 6.07) is 3.46. The first-order valence-electron chi connectivity index (χ1n) is 2.95. The third-order valence-electron chi connectivity index (χ3n) is 1.22. The molecule has 4 nitrogen and oxygen atoms in total. The van der Waals surface area contributed by atoms with Gasteiger partial charge in [-0.3, -0.25) is 4.79 Å². The number of pyridine rings is 1. The zero-order valence-electron chi connectivity index (χ0n) is 6.19. The zero-order chi connectivity index (χ0) is 7.56. The fraction of sp³-hybridized carbons (Fsp3) is 0.143. The monoisotopic (exact) mass is 154 g/mol. The Balaban J connectivity index is 0.000001000. The largest absolute Gasteiger partial charge is 0.870 e. The molecule has 0 unspecified atom stereocenters. The van der Waals surface area contributed by atoms with Crippen molar-refractivity contribution >= 4 is 5.91 Å². The van der Waals surface area contributed by atoms with E-state index >= 15 is 0 Å². The Kier molecular flexibility index (Phi) is 3.20. The summed E-state index contributed by atoms with van der Waals surface area (Å²) < 4.78 is 1.78. The third-order valence-corrected chi connectivity index (χ3v) is 1.22. The van der Waals surface area contributed by atoms with Crippen LogP contribution >= 0.6 is 0 Å². The predicted molar refractivity (Wildman–Crippen MR) is 38.1 cm³/mol. The van der Waals surface area contributed by atoms with Crippen LogP contribution in [0.2, 0.25) is 0 Å². The van der Waals surface area contributed by atoms with Crippen LogP contribution in [0, 0.1) is 0 Å². The highest BCUT2D eigenvalue weighted by molar-refractivity contribution is 5.92. The molecule has 1 amide bonds. The number of primary amides is 1. The Labute approximate surface area is 64.6 Å². The van der Waals surface area contributed by atoms with E-state index < -0.39 is 5.91 Å². The quantitative estimate of drug-likeness (QED) is 0.550. The summed E-state index contributed by atoms with van der Waals surface area (Å²) in [5.41, 5.74) is 5.56. The zero-order valence-corrected chi connectivity index (χ0v) is 6.19. The molecule has 0 aromatic carbocycles. The molecule has 1 aromatic heterocycles. The Morgan fingerprint density at radius 3 is 2.64 bits per heavy atom. The van der Waals surface area contributed by atoms with Crippen LogP contribution in [0.5, 0.6) is 0 Å². The fourth-order valence-corrected chi connectivity index (χ4v) is 0.734. The van der Waals surface area contributed by atoms with Gasteiger partial charge in [0.15, 0.2) is 12.4 Å². The van der Waals surface area contributed by atoms with E-state index in [2.05, 4.69) is 0 Å². The van der Waals surface area contributed by atoms with E-state index in [-0.39, 0.29) is 5.48 Å². The van der Waals surface area contributed by atoms with Crippen molar-refractivity contribution in [3.8, 4) is 0 Å². The number of aromatic nitrogens is 1. The van der Waals surface area contributed by atoms with Gasteiger partial charge in [0.05, 0.1) is 0 Å². The molecular weight excluding hydrogens is 144 g/mol. The summed E-state index contributed by atoms with van der Waals surface area (Å²) in [5, 5.41) is 0. The Morgan fingerprint density at radius 1 is 1.64 bits per heavy atom. The minimum Gasteiger partial charge on any atom is -0.870 e. The summed E-state index contributed by atoms with van der Waals surface area (Å²) in [5.74, 6) is -0.392. The summed E-state index contributed by atoms with van der Waals surface area (Å²) in [7, 11) is 1.84. The molecule has 0 aliphatic carbocycles. The van der Waals surface area contributed by atoms with Gasteiger partial charge in [-0.25, -0.2) is 4.57 Å². The summed E-state index contributed by atoms with van der Waals surface area (Å²) in [6.45, 7) is 0. The summed E-state index contributed by atoms with van der Waals surface area (Å²) >= 11 is 0. The van der Waals surface area contributed by atoms with Gasteiger partial charge in [-0.2, -0.15) is 0 Å². The molecule has 0 bridgehead atoms. The van der Waals surface area contributed by atoms with E-state index in [0.29, 0.717) is 5.56 Å². The van der Waals surface area contributed by atoms with Gasteiger partial charge >= 0.3 is 0 Å². The smallest absolute Gasteiger partial charge is 0.254 e. The molecular formula is C7H10N2O2. The molecule has 1 aromatic rings. The van der Waals surface area contributed by atoms with Crippen LogP contribution in [0.1, 0.15) is 10.4 Å². The Morgan fingerprint density at radius 2 is 2.27 bits per heavy atom. The lowest BCUT2D eigenvalue weighted by Crippen LogP contribution is -2.28. The molecule has 0 fully saturated rings. The van der Waals surface area contributed by atoms with Crippen LogP contribution in [0.4, 0.5) is 0 Å². The predicted octanol–water partition coefficient (Wildman–Crippen LogP) is -0.567. The van der Waals surface area contributed by atoms with Gasteiger partial charge in [-0.15, -0.1) is 0 Å². The highest BCUT2D eigenvalue weighted by Crippen LogP contribution is 1.89. The van der Waals surface area contributed by atoms with Crippen molar-refractivity contribution in [3.63, 3.8) is 0 Å². The molecule has 60 valence electrons. The molecule has 0 aliphatic heterocycles.